The van der Waals surface area contributed by atoms with E-state index in [1.165, 1.54) is 5.56 Å². The highest BCUT2D eigenvalue weighted by atomic mass is 35.5. The van der Waals surface area contributed by atoms with Crippen molar-refractivity contribution < 1.29 is 5.11 Å². The second-order valence-electron chi connectivity index (χ2n) is 4.97. The van der Waals surface area contributed by atoms with E-state index < -0.39 is 0 Å². The third kappa shape index (κ3) is 3.23. The molecule has 2 aromatic carbocycles. The molecule has 0 spiro atoms. The first-order valence-electron chi connectivity index (χ1n) is 6.99. The van der Waals surface area contributed by atoms with E-state index in [4.69, 9.17) is 16.7 Å². The second kappa shape index (κ2) is 6.24. The highest BCUT2D eigenvalue weighted by Crippen LogP contribution is 2.18. The predicted octanol–water partition coefficient (Wildman–Crippen LogP) is 3.39. The van der Waals surface area contributed by atoms with E-state index in [0.29, 0.717) is 5.02 Å². The summed E-state index contributed by atoms with van der Waals surface area (Å²) in [5.41, 5.74) is 3.77. The van der Waals surface area contributed by atoms with Crippen LogP contribution in [0.5, 0.6) is 0 Å². The van der Waals surface area contributed by atoms with Crippen LogP contribution in [0.4, 0.5) is 0 Å². The maximum Gasteiger partial charge on any atom is 0.115 e. The quantitative estimate of drug-likeness (QED) is 0.735. The lowest BCUT2D eigenvalue weighted by molar-refractivity contribution is 0.284. The standard InChI is InChI=1S/C16H16ClN3O/c17-13-7-8-15-16(11-13)19-20(18-15)14-6-3-5-12(10-14)4-1-2-9-21/h3,5-8,10-11,21H,1-2,4,9H2. The smallest absolute Gasteiger partial charge is 0.115 e. The van der Waals surface area contributed by atoms with Crippen molar-refractivity contribution in [2.45, 2.75) is 19.3 Å². The molecule has 4 nitrogen and oxygen atoms in total. The summed E-state index contributed by atoms with van der Waals surface area (Å²) >= 11 is 5.97. The number of hydrogen-bond acceptors (Lipinski definition) is 3. The molecule has 0 fully saturated rings. The van der Waals surface area contributed by atoms with Gasteiger partial charge in [-0.05, 0) is 55.2 Å². The molecule has 0 radical (unpaired) electrons. The fourth-order valence-electron chi connectivity index (χ4n) is 2.28. The van der Waals surface area contributed by atoms with E-state index in [2.05, 4.69) is 22.3 Å². The molecule has 1 N–H and O–H groups in total. The van der Waals surface area contributed by atoms with Crippen molar-refractivity contribution in [3.8, 4) is 5.69 Å². The zero-order chi connectivity index (χ0) is 14.7. The van der Waals surface area contributed by atoms with E-state index in [9.17, 15) is 0 Å². The molecule has 0 aliphatic heterocycles. The highest BCUT2D eigenvalue weighted by molar-refractivity contribution is 6.31. The summed E-state index contributed by atoms with van der Waals surface area (Å²) in [7, 11) is 0. The molecule has 21 heavy (non-hydrogen) atoms. The van der Waals surface area contributed by atoms with Gasteiger partial charge in [0, 0.05) is 11.6 Å². The summed E-state index contributed by atoms with van der Waals surface area (Å²) in [5.74, 6) is 0. The second-order valence-corrected chi connectivity index (χ2v) is 5.41. The lowest BCUT2D eigenvalue weighted by Crippen LogP contribution is -1.99. The van der Waals surface area contributed by atoms with Gasteiger partial charge in [0.25, 0.3) is 0 Å². The lowest BCUT2D eigenvalue weighted by atomic mass is 10.1. The molecule has 0 saturated carbocycles. The van der Waals surface area contributed by atoms with Gasteiger partial charge in [0.1, 0.15) is 11.0 Å². The van der Waals surface area contributed by atoms with Crippen molar-refractivity contribution >= 4 is 22.6 Å². The summed E-state index contributed by atoms with van der Waals surface area (Å²) in [6, 6.07) is 13.6. The predicted molar refractivity (Wildman–Crippen MR) is 83.9 cm³/mol. The Kier molecular flexibility index (Phi) is 4.18. The number of aromatic nitrogens is 3. The fraction of sp³-hybridized carbons (Fsp3) is 0.250. The molecule has 5 heteroatoms. The molecule has 1 aromatic heterocycles. The Hall–Kier alpha value is -1.91. The first-order chi connectivity index (χ1) is 10.3. The Morgan fingerprint density at radius 3 is 2.71 bits per heavy atom. The number of fused-ring (bicyclic) bond motifs is 1. The van der Waals surface area contributed by atoms with Crippen LogP contribution < -0.4 is 0 Å². The van der Waals surface area contributed by atoms with E-state index >= 15 is 0 Å². The van der Waals surface area contributed by atoms with Crippen LogP contribution in [0.2, 0.25) is 5.02 Å². The summed E-state index contributed by atoms with van der Waals surface area (Å²) in [6.45, 7) is 0.243. The number of unbranched alkanes of at least 4 members (excludes halogenated alkanes) is 1. The van der Waals surface area contributed by atoms with Crippen LogP contribution in [0.1, 0.15) is 18.4 Å². The van der Waals surface area contributed by atoms with Gasteiger partial charge in [0.05, 0.1) is 5.69 Å². The van der Waals surface area contributed by atoms with Crippen LogP contribution in [0.25, 0.3) is 16.7 Å². The number of nitrogens with zero attached hydrogens (tertiary/aromatic N) is 3. The van der Waals surface area contributed by atoms with Gasteiger partial charge in [-0.25, -0.2) is 0 Å². The highest BCUT2D eigenvalue weighted by Gasteiger charge is 2.05. The van der Waals surface area contributed by atoms with E-state index in [-0.39, 0.29) is 6.61 Å². The van der Waals surface area contributed by atoms with Crippen molar-refractivity contribution in [1.82, 2.24) is 15.0 Å². The molecule has 0 saturated heterocycles. The lowest BCUT2D eigenvalue weighted by Gasteiger charge is -2.04. The number of halogens is 1. The molecule has 0 unspecified atom stereocenters. The van der Waals surface area contributed by atoms with Crippen LogP contribution >= 0.6 is 11.6 Å². The minimum Gasteiger partial charge on any atom is -0.396 e. The molecular weight excluding hydrogens is 286 g/mol. The van der Waals surface area contributed by atoms with E-state index in [1.54, 1.807) is 4.80 Å². The Morgan fingerprint density at radius 1 is 1.00 bits per heavy atom. The molecule has 0 amide bonds. The topological polar surface area (TPSA) is 50.9 Å². The number of aryl methyl sites for hydroxylation is 1. The summed E-state index contributed by atoms with van der Waals surface area (Å²) in [5, 5.41) is 18.4. The van der Waals surface area contributed by atoms with Crippen LogP contribution in [0.15, 0.2) is 42.5 Å². The zero-order valence-electron chi connectivity index (χ0n) is 11.5. The molecule has 3 aromatic rings. The largest absolute Gasteiger partial charge is 0.396 e. The van der Waals surface area contributed by atoms with Gasteiger partial charge >= 0.3 is 0 Å². The van der Waals surface area contributed by atoms with Crippen molar-refractivity contribution in [1.29, 1.82) is 0 Å². The number of aliphatic hydroxyl groups excluding tert-OH is 1. The Balaban J connectivity index is 1.89. The molecular formula is C16H16ClN3O. The Labute approximate surface area is 128 Å². The number of rotatable bonds is 5. The van der Waals surface area contributed by atoms with Gasteiger partial charge < -0.3 is 5.11 Å². The average molecular weight is 302 g/mol. The van der Waals surface area contributed by atoms with Crippen LogP contribution in [0.3, 0.4) is 0 Å². The van der Waals surface area contributed by atoms with Gasteiger partial charge in [-0.2, -0.15) is 4.80 Å². The monoisotopic (exact) mass is 301 g/mol. The first-order valence-corrected chi connectivity index (χ1v) is 7.37. The van der Waals surface area contributed by atoms with Crippen molar-refractivity contribution in [3.63, 3.8) is 0 Å². The maximum atomic E-state index is 8.84. The molecule has 0 aliphatic carbocycles. The summed E-state index contributed by atoms with van der Waals surface area (Å²) in [4.78, 5) is 1.64. The van der Waals surface area contributed by atoms with Crippen molar-refractivity contribution in [2.75, 3.05) is 6.61 Å². The average Bonchev–Trinajstić information content (AvgIpc) is 2.91. The number of benzene rings is 2. The van der Waals surface area contributed by atoms with Crippen LogP contribution in [-0.2, 0) is 6.42 Å². The summed E-state index contributed by atoms with van der Waals surface area (Å²) < 4.78 is 0. The third-order valence-electron chi connectivity index (χ3n) is 3.36. The SMILES string of the molecule is OCCCCc1cccc(-n2nc3ccc(Cl)cc3n2)c1. The van der Waals surface area contributed by atoms with E-state index in [1.807, 2.05) is 30.3 Å². The van der Waals surface area contributed by atoms with Gasteiger partial charge in [-0.15, -0.1) is 10.2 Å². The molecule has 3 rings (SSSR count). The maximum absolute atomic E-state index is 8.84. The Bertz CT molecular complexity index is 754. The first kappa shape index (κ1) is 14.0. The number of aliphatic hydroxyl groups is 1. The third-order valence-corrected chi connectivity index (χ3v) is 3.59. The van der Waals surface area contributed by atoms with Gasteiger partial charge in [0.2, 0.25) is 0 Å². The van der Waals surface area contributed by atoms with Crippen molar-refractivity contribution in [2.24, 2.45) is 0 Å². The normalized spacial score (nSPS) is 11.1. The Morgan fingerprint density at radius 2 is 1.86 bits per heavy atom. The van der Waals surface area contributed by atoms with Crippen LogP contribution in [0, 0.1) is 0 Å². The molecule has 108 valence electrons. The zero-order valence-corrected chi connectivity index (χ0v) is 12.3. The minimum atomic E-state index is 0.243. The molecule has 0 atom stereocenters. The van der Waals surface area contributed by atoms with Gasteiger partial charge in [-0.3, -0.25) is 0 Å². The molecule has 0 bridgehead atoms. The van der Waals surface area contributed by atoms with Gasteiger partial charge in [-0.1, -0.05) is 23.7 Å². The number of hydrogen-bond donors (Lipinski definition) is 1. The molecule has 0 aliphatic rings. The fourth-order valence-corrected chi connectivity index (χ4v) is 2.45. The molecule has 1 heterocycles. The summed E-state index contributed by atoms with van der Waals surface area (Å²) in [6.07, 6.45) is 2.75. The van der Waals surface area contributed by atoms with E-state index in [0.717, 1.165) is 36.0 Å². The van der Waals surface area contributed by atoms with Crippen LogP contribution in [-0.4, -0.2) is 26.7 Å². The minimum absolute atomic E-state index is 0.243. The van der Waals surface area contributed by atoms with Gasteiger partial charge in [0.15, 0.2) is 0 Å². The van der Waals surface area contributed by atoms with Crippen molar-refractivity contribution in [3.05, 3.63) is 53.1 Å².